The number of fused-ring (bicyclic) bond motifs is 2. The third-order valence-electron chi connectivity index (χ3n) is 7.10. The summed E-state index contributed by atoms with van der Waals surface area (Å²) in [5.41, 5.74) is 4.99. The Balaban J connectivity index is 1.33. The van der Waals surface area contributed by atoms with Crippen LogP contribution in [0.4, 0.5) is 14.6 Å². The Morgan fingerprint density at radius 3 is 2.66 bits per heavy atom. The summed E-state index contributed by atoms with van der Waals surface area (Å²) in [6.07, 6.45) is 7.86. The van der Waals surface area contributed by atoms with Crippen LogP contribution in [0.15, 0.2) is 48.8 Å². The first-order valence-electron chi connectivity index (χ1n) is 11.0. The lowest BCUT2D eigenvalue weighted by Gasteiger charge is -2.40. The normalized spacial score (nSPS) is 17.3. The predicted molar refractivity (Wildman–Crippen MR) is 119 cm³/mol. The maximum absolute atomic E-state index is 14.6. The highest BCUT2D eigenvalue weighted by molar-refractivity contribution is 5.75. The van der Waals surface area contributed by atoms with E-state index in [0.29, 0.717) is 11.4 Å². The summed E-state index contributed by atoms with van der Waals surface area (Å²) in [7, 11) is 0. The van der Waals surface area contributed by atoms with Gasteiger partial charge in [0.2, 0.25) is 0 Å². The fourth-order valence-electron chi connectivity index (χ4n) is 5.45. The average Bonchev–Trinajstić information content (AvgIpc) is 3.40. The van der Waals surface area contributed by atoms with E-state index in [0.717, 1.165) is 62.2 Å². The van der Waals surface area contributed by atoms with Gasteiger partial charge in [-0.15, -0.1) is 0 Å². The number of piperidine rings is 1. The van der Waals surface area contributed by atoms with E-state index in [1.165, 1.54) is 17.3 Å². The smallest absolute Gasteiger partial charge is 0.155 e. The number of nitrogens with zero attached hydrogens (tertiary/aromatic N) is 5. The van der Waals surface area contributed by atoms with Crippen molar-refractivity contribution in [1.29, 1.82) is 0 Å². The predicted octanol–water partition coefficient (Wildman–Crippen LogP) is 4.76. The molecule has 0 bridgehead atoms. The number of hydrogen-bond donors (Lipinski definition) is 0. The Bertz CT molecular complexity index is 1310. The molecule has 5 nitrogen and oxygen atoms in total. The molecule has 0 unspecified atom stereocenters. The molecular formula is C25H23F2N5. The van der Waals surface area contributed by atoms with E-state index in [1.54, 1.807) is 10.7 Å². The molecule has 4 heterocycles. The maximum Gasteiger partial charge on any atom is 0.155 e. The SMILES string of the molecule is Cc1nc(N2CCC3(CC2)Cc2cccnc2C3)c2ccnn2c1-c1cc(F)ccc1F. The van der Waals surface area contributed by atoms with Crippen LogP contribution in [0.25, 0.3) is 16.8 Å². The molecule has 162 valence electrons. The number of aromatic nitrogens is 4. The van der Waals surface area contributed by atoms with Gasteiger partial charge in [0.05, 0.1) is 17.6 Å². The highest BCUT2D eigenvalue weighted by Crippen LogP contribution is 2.45. The molecule has 4 aromatic rings. The molecule has 0 N–H and O–H groups in total. The molecule has 1 saturated heterocycles. The molecule has 0 amide bonds. The molecule has 3 aromatic heterocycles. The van der Waals surface area contributed by atoms with Crippen molar-refractivity contribution in [2.45, 2.75) is 32.6 Å². The number of rotatable bonds is 2. The zero-order valence-corrected chi connectivity index (χ0v) is 17.9. The number of hydrogen-bond acceptors (Lipinski definition) is 4. The lowest BCUT2D eigenvalue weighted by Crippen LogP contribution is -2.41. The number of aryl methyl sites for hydroxylation is 1. The summed E-state index contributed by atoms with van der Waals surface area (Å²) in [5.74, 6) is -0.127. The van der Waals surface area contributed by atoms with E-state index in [4.69, 9.17) is 4.98 Å². The van der Waals surface area contributed by atoms with Gasteiger partial charge >= 0.3 is 0 Å². The molecule has 1 aromatic carbocycles. The number of pyridine rings is 1. The Labute approximate surface area is 184 Å². The van der Waals surface area contributed by atoms with Gasteiger partial charge in [-0.1, -0.05) is 6.07 Å². The van der Waals surface area contributed by atoms with Crippen molar-refractivity contribution >= 4 is 11.3 Å². The van der Waals surface area contributed by atoms with Gasteiger partial charge < -0.3 is 4.90 Å². The monoisotopic (exact) mass is 431 g/mol. The van der Waals surface area contributed by atoms with Crippen molar-refractivity contribution in [3.05, 3.63) is 77.4 Å². The lowest BCUT2D eigenvalue weighted by atomic mass is 9.76. The summed E-state index contributed by atoms with van der Waals surface area (Å²) < 4.78 is 30.1. The van der Waals surface area contributed by atoms with Crippen molar-refractivity contribution in [2.24, 2.45) is 5.41 Å². The van der Waals surface area contributed by atoms with Crippen LogP contribution in [0, 0.1) is 24.0 Å². The van der Waals surface area contributed by atoms with Crippen LogP contribution in [0.2, 0.25) is 0 Å². The summed E-state index contributed by atoms with van der Waals surface area (Å²) in [6.45, 7) is 3.62. The first kappa shape index (κ1) is 19.3. The average molecular weight is 431 g/mol. The minimum absolute atomic E-state index is 0.170. The Hall–Kier alpha value is -3.35. The first-order valence-corrected chi connectivity index (χ1v) is 11.0. The molecule has 7 heteroatoms. The molecule has 1 fully saturated rings. The first-order chi connectivity index (χ1) is 15.5. The highest BCUT2D eigenvalue weighted by atomic mass is 19.1. The van der Waals surface area contributed by atoms with Crippen LogP contribution in [0.1, 0.15) is 29.8 Å². The van der Waals surface area contributed by atoms with Crippen LogP contribution in [-0.4, -0.2) is 32.7 Å². The zero-order chi connectivity index (χ0) is 21.9. The van der Waals surface area contributed by atoms with E-state index >= 15 is 0 Å². The summed E-state index contributed by atoms with van der Waals surface area (Å²) >= 11 is 0. The van der Waals surface area contributed by atoms with Gasteiger partial charge in [-0.3, -0.25) is 4.98 Å². The van der Waals surface area contributed by atoms with Gasteiger partial charge in [0.1, 0.15) is 17.2 Å². The van der Waals surface area contributed by atoms with Crippen LogP contribution < -0.4 is 4.90 Å². The van der Waals surface area contributed by atoms with Gasteiger partial charge in [-0.25, -0.2) is 18.3 Å². The van der Waals surface area contributed by atoms with E-state index in [1.807, 2.05) is 25.3 Å². The minimum Gasteiger partial charge on any atom is -0.355 e. The number of halogens is 2. The third kappa shape index (κ3) is 2.98. The van der Waals surface area contributed by atoms with Crippen LogP contribution in [0.5, 0.6) is 0 Å². The van der Waals surface area contributed by atoms with Gasteiger partial charge in [0.25, 0.3) is 0 Å². The second-order valence-corrected chi connectivity index (χ2v) is 9.07. The van der Waals surface area contributed by atoms with Gasteiger partial charge in [-0.05, 0) is 73.9 Å². The van der Waals surface area contributed by atoms with E-state index < -0.39 is 11.6 Å². The molecule has 0 atom stereocenters. The third-order valence-corrected chi connectivity index (χ3v) is 7.10. The quantitative estimate of drug-likeness (QED) is 0.459. The fraction of sp³-hybridized carbons (Fsp3) is 0.320. The molecule has 1 aliphatic heterocycles. The van der Waals surface area contributed by atoms with Crippen LogP contribution in [0.3, 0.4) is 0 Å². The van der Waals surface area contributed by atoms with E-state index in [2.05, 4.69) is 21.0 Å². The number of benzene rings is 1. The Morgan fingerprint density at radius 2 is 1.84 bits per heavy atom. The zero-order valence-electron chi connectivity index (χ0n) is 17.9. The molecular weight excluding hydrogens is 408 g/mol. The molecule has 6 rings (SSSR count). The summed E-state index contributed by atoms with van der Waals surface area (Å²) in [4.78, 5) is 11.8. The van der Waals surface area contributed by atoms with Gasteiger partial charge in [0.15, 0.2) is 5.82 Å². The summed E-state index contributed by atoms with van der Waals surface area (Å²) in [6, 6.07) is 9.59. The Morgan fingerprint density at radius 1 is 1.00 bits per heavy atom. The molecule has 0 saturated carbocycles. The fourth-order valence-corrected chi connectivity index (χ4v) is 5.45. The second-order valence-electron chi connectivity index (χ2n) is 9.07. The van der Waals surface area contributed by atoms with Crippen LogP contribution >= 0.6 is 0 Å². The topological polar surface area (TPSA) is 46.3 Å². The van der Waals surface area contributed by atoms with Gasteiger partial charge in [0, 0.05) is 30.5 Å². The van der Waals surface area contributed by atoms with Crippen molar-refractivity contribution in [3.63, 3.8) is 0 Å². The van der Waals surface area contributed by atoms with Crippen molar-refractivity contribution in [3.8, 4) is 11.3 Å². The van der Waals surface area contributed by atoms with Gasteiger partial charge in [-0.2, -0.15) is 5.10 Å². The largest absolute Gasteiger partial charge is 0.355 e. The van der Waals surface area contributed by atoms with Crippen molar-refractivity contribution in [1.82, 2.24) is 19.6 Å². The molecule has 0 radical (unpaired) electrons. The van der Waals surface area contributed by atoms with Crippen molar-refractivity contribution in [2.75, 3.05) is 18.0 Å². The molecule has 1 spiro atoms. The molecule has 2 aliphatic rings. The highest BCUT2D eigenvalue weighted by Gasteiger charge is 2.41. The molecule has 1 aliphatic carbocycles. The Kier molecular flexibility index (Phi) is 4.28. The lowest BCUT2D eigenvalue weighted by molar-refractivity contribution is 0.231. The van der Waals surface area contributed by atoms with E-state index in [9.17, 15) is 8.78 Å². The minimum atomic E-state index is -0.491. The van der Waals surface area contributed by atoms with E-state index in [-0.39, 0.29) is 11.0 Å². The number of anilines is 1. The maximum atomic E-state index is 14.6. The van der Waals surface area contributed by atoms with Crippen molar-refractivity contribution < 1.29 is 8.78 Å². The standard InChI is InChI=1S/C25H23F2N5/c1-16-23(19-13-18(26)4-5-20(19)27)32-22(6-10-29-32)24(30-16)31-11-7-25(8-12-31)14-17-3-2-9-28-21(17)15-25/h2-6,9-10,13H,7-8,11-12,14-15H2,1H3. The molecule has 32 heavy (non-hydrogen) atoms. The second kappa shape index (κ2) is 7.08. The summed E-state index contributed by atoms with van der Waals surface area (Å²) in [5, 5.41) is 4.43. The van der Waals surface area contributed by atoms with Crippen LogP contribution in [-0.2, 0) is 12.8 Å².